The van der Waals surface area contributed by atoms with Crippen LogP contribution in [-0.2, 0) is 0 Å². The van der Waals surface area contributed by atoms with Crippen LogP contribution in [0, 0.1) is 0 Å². The van der Waals surface area contributed by atoms with Crippen LogP contribution >= 0.6 is 0 Å². The van der Waals surface area contributed by atoms with E-state index >= 15 is 0 Å². The predicted molar refractivity (Wildman–Crippen MR) is 77.5 cm³/mol. The number of hydrogen-bond donors (Lipinski definition) is 2. The zero-order chi connectivity index (χ0) is 12.8. The molecule has 0 saturated carbocycles. The molecule has 98 valence electrons. The highest BCUT2D eigenvalue weighted by atomic mass is 15.1. The van der Waals surface area contributed by atoms with E-state index in [1.807, 2.05) is 0 Å². The molecule has 1 aliphatic rings. The van der Waals surface area contributed by atoms with Gasteiger partial charge in [0.15, 0.2) is 0 Å². The molecule has 2 rings (SSSR count). The third-order valence-corrected chi connectivity index (χ3v) is 2.95. The Hall–Kier alpha value is -1.55. The maximum absolute atomic E-state index is 4.56. The summed E-state index contributed by atoms with van der Waals surface area (Å²) in [5.74, 6) is 1.02. The van der Waals surface area contributed by atoms with Crippen LogP contribution in [0.25, 0.3) is 0 Å². The first-order valence-corrected chi connectivity index (χ1v) is 6.53. The van der Waals surface area contributed by atoms with Gasteiger partial charge in [0.25, 0.3) is 0 Å². The first kappa shape index (κ1) is 12.9. The Morgan fingerprint density at radius 3 is 2.89 bits per heavy atom. The summed E-state index contributed by atoms with van der Waals surface area (Å²) in [6, 6.07) is 8.36. The predicted octanol–water partition coefficient (Wildman–Crippen LogP) is 1.40. The van der Waals surface area contributed by atoms with Gasteiger partial charge in [-0.2, -0.15) is 0 Å². The molecule has 1 aromatic rings. The Morgan fingerprint density at radius 1 is 1.33 bits per heavy atom. The molecule has 4 heteroatoms. The lowest BCUT2D eigenvalue weighted by atomic mass is 10.1. The fraction of sp³-hybridized carbons (Fsp3) is 0.500. The van der Waals surface area contributed by atoms with Gasteiger partial charge in [-0.1, -0.05) is 12.1 Å². The Kier molecular flexibility index (Phi) is 4.59. The van der Waals surface area contributed by atoms with E-state index in [1.54, 1.807) is 0 Å². The molecule has 1 aliphatic heterocycles. The van der Waals surface area contributed by atoms with Crippen LogP contribution in [0.5, 0.6) is 0 Å². The summed E-state index contributed by atoms with van der Waals surface area (Å²) in [5, 5.41) is 6.85. The van der Waals surface area contributed by atoms with Crippen molar-refractivity contribution < 1.29 is 0 Å². The summed E-state index contributed by atoms with van der Waals surface area (Å²) >= 11 is 0. The molecule has 4 nitrogen and oxygen atoms in total. The molecule has 0 aromatic heterocycles. The van der Waals surface area contributed by atoms with Gasteiger partial charge in [0.05, 0.1) is 0 Å². The maximum atomic E-state index is 4.56. The molecule has 0 saturated heterocycles. The quantitative estimate of drug-likeness (QED) is 0.825. The third kappa shape index (κ3) is 3.47. The Bertz CT molecular complexity index is 412. The van der Waals surface area contributed by atoms with E-state index in [-0.39, 0.29) is 0 Å². The van der Waals surface area contributed by atoms with E-state index < -0.39 is 0 Å². The molecule has 0 atom stereocenters. The van der Waals surface area contributed by atoms with E-state index in [1.165, 1.54) is 5.56 Å². The minimum Gasteiger partial charge on any atom is -0.383 e. The molecule has 0 spiro atoms. The van der Waals surface area contributed by atoms with Crippen molar-refractivity contribution in [3.05, 3.63) is 29.8 Å². The monoisotopic (exact) mass is 246 g/mol. The molecule has 0 aliphatic carbocycles. The minimum absolute atomic E-state index is 0.925. The summed E-state index contributed by atoms with van der Waals surface area (Å²) in [6.45, 7) is 3.91. The molecule has 1 aromatic carbocycles. The lowest BCUT2D eigenvalue weighted by molar-refractivity contribution is 0.425. The summed E-state index contributed by atoms with van der Waals surface area (Å²) in [7, 11) is 4.17. The minimum atomic E-state index is 0.925. The van der Waals surface area contributed by atoms with Crippen molar-refractivity contribution in [2.75, 3.05) is 45.6 Å². The Balaban J connectivity index is 2.07. The number of likely N-dealkylation sites (N-methyl/N-ethyl adjacent to an activating group) is 1. The molecule has 0 fully saturated rings. The van der Waals surface area contributed by atoms with Crippen molar-refractivity contribution in [1.29, 1.82) is 0 Å². The van der Waals surface area contributed by atoms with Crippen molar-refractivity contribution in [3.8, 4) is 0 Å². The fourth-order valence-electron chi connectivity index (χ4n) is 1.97. The number of benzene rings is 1. The highest BCUT2D eigenvalue weighted by Crippen LogP contribution is 2.16. The zero-order valence-corrected chi connectivity index (χ0v) is 11.2. The molecule has 0 radical (unpaired) electrons. The number of anilines is 1. The van der Waals surface area contributed by atoms with Gasteiger partial charge < -0.3 is 15.5 Å². The molecule has 18 heavy (non-hydrogen) atoms. The van der Waals surface area contributed by atoms with Crippen molar-refractivity contribution in [2.24, 2.45) is 4.99 Å². The number of rotatable bonds is 5. The molecule has 0 unspecified atom stereocenters. The second kappa shape index (κ2) is 6.40. The van der Waals surface area contributed by atoms with Crippen molar-refractivity contribution in [1.82, 2.24) is 10.2 Å². The van der Waals surface area contributed by atoms with Crippen LogP contribution in [0.15, 0.2) is 29.3 Å². The van der Waals surface area contributed by atoms with Gasteiger partial charge in [0.2, 0.25) is 0 Å². The topological polar surface area (TPSA) is 39.7 Å². The van der Waals surface area contributed by atoms with Gasteiger partial charge in [-0.05, 0) is 32.6 Å². The number of nitrogens with one attached hydrogen (secondary N) is 2. The molecule has 1 heterocycles. The number of hydrogen-bond acceptors (Lipinski definition) is 4. The summed E-state index contributed by atoms with van der Waals surface area (Å²) in [6.07, 6.45) is 1.12. The smallest absolute Gasteiger partial charge is 0.130 e. The van der Waals surface area contributed by atoms with Gasteiger partial charge in [-0.25, -0.2) is 0 Å². The molecular weight excluding hydrogens is 224 g/mol. The highest BCUT2D eigenvalue weighted by molar-refractivity contribution is 6.03. The SMILES string of the molecule is CN(C)CCNc1ccccc1C1=NCCCN1. The van der Waals surface area contributed by atoms with Crippen LogP contribution in [0.4, 0.5) is 5.69 Å². The normalized spacial score (nSPS) is 15.2. The van der Waals surface area contributed by atoms with Crippen molar-refractivity contribution in [2.45, 2.75) is 6.42 Å². The standard InChI is InChI=1S/C14H22N4/c1-18(2)11-10-15-13-7-4-3-6-12(13)14-16-8-5-9-17-14/h3-4,6-7,15H,5,8-11H2,1-2H3,(H,16,17). The average Bonchev–Trinajstić information content (AvgIpc) is 2.40. The number of aliphatic imine (C=N–C) groups is 1. The number of nitrogens with zero attached hydrogens (tertiary/aromatic N) is 2. The van der Waals surface area contributed by atoms with Crippen LogP contribution in [0.3, 0.4) is 0 Å². The van der Waals surface area contributed by atoms with Crippen LogP contribution in [0.1, 0.15) is 12.0 Å². The van der Waals surface area contributed by atoms with E-state index in [4.69, 9.17) is 0 Å². The van der Waals surface area contributed by atoms with Gasteiger partial charge in [-0.15, -0.1) is 0 Å². The fourth-order valence-corrected chi connectivity index (χ4v) is 1.97. The van der Waals surface area contributed by atoms with E-state index in [0.717, 1.165) is 44.1 Å². The molecule has 0 bridgehead atoms. The first-order chi connectivity index (χ1) is 8.77. The average molecular weight is 246 g/mol. The highest BCUT2D eigenvalue weighted by Gasteiger charge is 2.10. The van der Waals surface area contributed by atoms with Crippen LogP contribution in [-0.4, -0.2) is 51.0 Å². The van der Waals surface area contributed by atoms with Gasteiger partial charge in [-0.3, -0.25) is 4.99 Å². The van der Waals surface area contributed by atoms with E-state index in [9.17, 15) is 0 Å². The van der Waals surface area contributed by atoms with E-state index in [2.05, 4.69) is 58.9 Å². The Labute approximate surface area is 109 Å². The lowest BCUT2D eigenvalue weighted by Crippen LogP contribution is -2.31. The molecular formula is C14H22N4. The largest absolute Gasteiger partial charge is 0.383 e. The number of para-hydroxylation sites is 1. The summed E-state index contributed by atoms with van der Waals surface area (Å²) in [4.78, 5) is 6.73. The third-order valence-electron chi connectivity index (χ3n) is 2.95. The van der Waals surface area contributed by atoms with Crippen LogP contribution < -0.4 is 10.6 Å². The maximum Gasteiger partial charge on any atom is 0.130 e. The van der Waals surface area contributed by atoms with E-state index in [0.29, 0.717) is 0 Å². The summed E-state index contributed by atoms with van der Waals surface area (Å²) in [5.41, 5.74) is 2.34. The molecule has 0 amide bonds. The van der Waals surface area contributed by atoms with Crippen LogP contribution in [0.2, 0.25) is 0 Å². The van der Waals surface area contributed by atoms with Gasteiger partial charge in [0, 0.05) is 37.4 Å². The number of amidine groups is 1. The summed E-state index contributed by atoms with van der Waals surface area (Å²) < 4.78 is 0. The Morgan fingerprint density at radius 2 is 2.17 bits per heavy atom. The first-order valence-electron chi connectivity index (χ1n) is 6.53. The van der Waals surface area contributed by atoms with Crippen molar-refractivity contribution in [3.63, 3.8) is 0 Å². The second-order valence-corrected chi connectivity index (χ2v) is 4.79. The van der Waals surface area contributed by atoms with Crippen molar-refractivity contribution >= 4 is 11.5 Å². The lowest BCUT2D eigenvalue weighted by Gasteiger charge is -2.19. The second-order valence-electron chi connectivity index (χ2n) is 4.79. The zero-order valence-electron chi connectivity index (χ0n) is 11.2. The molecule has 2 N–H and O–H groups in total. The van der Waals surface area contributed by atoms with Gasteiger partial charge in [0.1, 0.15) is 5.84 Å². The van der Waals surface area contributed by atoms with Gasteiger partial charge >= 0.3 is 0 Å².